The minimum atomic E-state index is -0.112. The second kappa shape index (κ2) is 9.76. The molecule has 0 aliphatic carbocycles. The number of hydrogen-bond acceptors (Lipinski definition) is 7. The van der Waals surface area contributed by atoms with Crippen molar-refractivity contribution in [2.75, 3.05) is 39.2 Å². The summed E-state index contributed by atoms with van der Waals surface area (Å²) >= 11 is 0. The molecule has 0 saturated carbocycles. The Morgan fingerprint density at radius 1 is 1.10 bits per heavy atom. The lowest BCUT2D eigenvalue weighted by atomic mass is 10.1. The second-order valence-electron chi connectivity index (χ2n) is 7.50. The zero-order valence-electron chi connectivity index (χ0n) is 18.2. The Balaban J connectivity index is 1.51. The number of nitrogens with zero attached hydrogens (tertiary/aromatic N) is 3. The van der Waals surface area contributed by atoms with Crippen molar-refractivity contribution < 1.29 is 14.2 Å². The first-order valence-electron chi connectivity index (χ1n) is 10.4. The number of anilines is 2. The summed E-state index contributed by atoms with van der Waals surface area (Å²) in [5.74, 6) is 2.46. The van der Waals surface area contributed by atoms with Crippen LogP contribution in [0.5, 0.6) is 11.5 Å². The van der Waals surface area contributed by atoms with Gasteiger partial charge in [0.15, 0.2) is 0 Å². The normalized spacial score (nSPS) is 16.7. The topological polar surface area (TPSA) is 68.7 Å². The predicted octanol–water partition coefficient (Wildman–Crippen LogP) is 4.12. The third-order valence-corrected chi connectivity index (χ3v) is 5.30. The fraction of sp³-hybridized carbons (Fsp3) is 0.333. The highest BCUT2D eigenvalue weighted by molar-refractivity contribution is 5.56. The van der Waals surface area contributed by atoms with E-state index in [9.17, 15) is 0 Å². The summed E-state index contributed by atoms with van der Waals surface area (Å²) in [6.07, 6.45) is 1.66. The van der Waals surface area contributed by atoms with E-state index in [2.05, 4.69) is 15.2 Å². The summed E-state index contributed by atoms with van der Waals surface area (Å²) in [4.78, 5) is 11.4. The van der Waals surface area contributed by atoms with E-state index in [0.717, 1.165) is 59.6 Å². The number of hydrogen-bond donors (Lipinski definition) is 1. The van der Waals surface area contributed by atoms with E-state index in [4.69, 9.17) is 19.2 Å². The van der Waals surface area contributed by atoms with Crippen molar-refractivity contribution in [3.63, 3.8) is 0 Å². The van der Waals surface area contributed by atoms with Crippen LogP contribution in [-0.2, 0) is 11.3 Å². The van der Waals surface area contributed by atoms with Crippen LogP contribution < -0.4 is 14.8 Å². The van der Waals surface area contributed by atoms with Crippen LogP contribution in [0, 0.1) is 6.92 Å². The van der Waals surface area contributed by atoms with Crippen molar-refractivity contribution in [2.24, 2.45) is 0 Å². The van der Waals surface area contributed by atoms with Gasteiger partial charge in [0.05, 0.1) is 32.1 Å². The molecular weight excluding hydrogens is 392 g/mol. The molecule has 1 atom stereocenters. The van der Waals surface area contributed by atoms with Crippen LogP contribution in [0.25, 0.3) is 0 Å². The molecule has 1 aliphatic heterocycles. The highest BCUT2D eigenvalue weighted by Gasteiger charge is 2.25. The number of pyridine rings is 2. The lowest BCUT2D eigenvalue weighted by Crippen LogP contribution is -2.38. The highest BCUT2D eigenvalue weighted by Crippen LogP contribution is 2.32. The van der Waals surface area contributed by atoms with E-state index in [1.54, 1.807) is 20.4 Å². The van der Waals surface area contributed by atoms with Gasteiger partial charge >= 0.3 is 0 Å². The summed E-state index contributed by atoms with van der Waals surface area (Å²) in [7, 11) is 3.38. The van der Waals surface area contributed by atoms with Crippen LogP contribution in [0.1, 0.15) is 23.1 Å². The summed E-state index contributed by atoms with van der Waals surface area (Å²) < 4.78 is 17.2. The smallest absolute Gasteiger partial charge is 0.130 e. The molecule has 3 aromatic rings. The van der Waals surface area contributed by atoms with Crippen LogP contribution >= 0.6 is 0 Å². The average Bonchev–Trinajstić information content (AvgIpc) is 2.79. The molecule has 1 fully saturated rings. The van der Waals surface area contributed by atoms with Gasteiger partial charge in [-0.2, -0.15) is 0 Å². The maximum absolute atomic E-state index is 6.10. The van der Waals surface area contributed by atoms with Crippen LogP contribution in [0.3, 0.4) is 0 Å². The molecule has 2 aromatic heterocycles. The van der Waals surface area contributed by atoms with E-state index >= 15 is 0 Å². The minimum Gasteiger partial charge on any atom is -0.496 e. The van der Waals surface area contributed by atoms with Gasteiger partial charge in [-0.3, -0.25) is 9.88 Å². The van der Waals surface area contributed by atoms with E-state index in [1.165, 1.54) is 0 Å². The Morgan fingerprint density at radius 2 is 1.90 bits per heavy atom. The SMILES string of the molecule is COc1cccc(OC)c1CN1CCO[C@H](c2cc(Nc3ccccn3)cc(C)n2)C1. The van der Waals surface area contributed by atoms with Crippen LogP contribution in [-0.4, -0.2) is 48.8 Å². The van der Waals surface area contributed by atoms with Gasteiger partial charge in [0.25, 0.3) is 0 Å². The fourth-order valence-electron chi connectivity index (χ4n) is 3.85. The first-order valence-corrected chi connectivity index (χ1v) is 10.4. The van der Waals surface area contributed by atoms with Crippen molar-refractivity contribution in [1.82, 2.24) is 14.9 Å². The molecule has 1 aliphatic rings. The first kappa shape index (κ1) is 21.1. The lowest BCUT2D eigenvalue weighted by Gasteiger charge is -2.33. The Bertz CT molecular complexity index is 991. The Hall–Kier alpha value is -3.16. The summed E-state index contributed by atoms with van der Waals surface area (Å²) in [6.45, 7) is 4.93. The number of morpholine rings is 1. The monoisotopic (exact) mass is 420 g/mol. The Kier molecular flexibility index (Phi) is 6.64. The molecule has 31 heavy (non-hydrogen) atoms. The summed E-state index contributed by atoms with van der Waals surface area (Å²) in [5.41, 5.74) is 3.84. The van der Waals surface area contributed by atoms with E-state index < -0.39 is 0 Å². The zero-order chi connectivity index (χ0) is 21.6. The molecule has 1 N–H and O–H groups in total. The molecule has 7 heteroatoms. The first-order chi connectivity index (χ1) is 15.2. The van der Waals surface area contributed by atoms with Crippen molar-refractivity contribution >= 4 is 11.5 Å². The number of aryl methyl sites for hydroxylation is 1. The van der Waals surface area contributed by atoms with Gasteiger partial charge in [0.2, 0.25) is 0 Å². The van der Waals surface area contributed by atoms with Gasteiger partial charge in [-0.1, -0.05) is 12.1 Å². The van der Waals surface area contributed by atoms with Crippen molar-refractivity contribution in [2.45, 2.75) is 19.6 Å². The summed E-state index contributed by atoms with van der Waals surface area (Å²) in [5, 5.41) is 3.35. The molecule has 0 bridgehead atoms. The number of aromatic nitrogens is 2. The highest BCUT2D eigenvalue weighted by atomic mass is 16.5. The van der Waals surface area contributed by atoms with Crippen molar-refractivity contribution in [3.05, 3.63) is 71.7 Å². The molecule has 1 aromatic carbocycles. The van der Waals surface area contributed by atoms with Gasteiger partial charge in [-0.15, -0.1) is 0 Å². The maximum atomic E-state index is 6.10. The van der Waals surface area contributed by atoms with E-state index in [0.29, 0.717) is 6.61 Å². The molecule has 0 spiro atoms. The van der Waals surface area contributed by atoms with Gasteiger partial charge < -0.3 is 19.5 Å². The molecule has 4 rings (SSSR count). The Morgan fingerprint density at radius 3 is 2.61 bits per heavy atom. The minimum absolute atomic E-state index is 0.112. The molecule has 0 unspecified atom stereocenters. The van der Waals surface area contributed by atoms with Crippen molar-refractivity contribution in [1.29, 1.82) is 0 Å². The Labute approximate surface area is 183 Å². The molecule has 3 heterocycles. The molecule has 7 nitrogen and oxygen atoms in total. The maximum Gasteiger partial charge on any atom is 0.130 e. The molecule has 1 saturated heterocycles. The van der Waals surface area contributed by atoms with Gasteiger partial charge in [0, 0.05) is 37.2 Å². The fourth-order valence-corrected chi connectivity index (χ4v) is 3.85. The standard InChI is InChI=1S/C24H28N4O3/c1-17-13-18(27-24-9-4-5-10-25-24)14-20(26-17)23-16-28(11-12-31-23)15-19-21(29-2)7-6-8-22(19)30-3/h4-10,13-14,23H,11-12,15-16H2,1-3H3,(H,25,26,27)/t23-/m0/s1. The number of rotatable bonds is 7. The largest absolute Gasteiger partial charge is 0.496 e. The second-order valence-corrected chi connectivity index (χ2v) is 7.50. The zero-order valence-corrected chi connectivity index (χ0v) is 18.2. The lowest BCUT2D eigenvalue weighted by molar-refractivity contribution is -0.0353. The van der Waals surface area contributed by atoms with Gasteiger partial charge in [-0.05, 0) is 43.3 Å². The van der Waals surface area contributed by atoms with Gasteiger partial charge in [0.1, 0.15) is 23.4 Å². The number of ether oxygens (including phenoxy) is 3. The third-order valence-electron chi connectivity index (χ3n) is 5.30. The van der Waals surface area contributed by atoms with Gasteiger partial charge in [-0.25, -0.2) is 4.98 Å². The molecule has 162 valence electrons. The molecule has 0 amide bonds. The van der Waals surface area contributed by atoms with Crippen LogP contribution in [0.2, 0.25) is 0 Å². The number of methoxy groups -OCH3 is 2. The molecule has 0 radical (unpaired) electrons. The predicted molar refractivity (Wildman–Crippen MR) is 120 cm³/mol. The van der Waals surface area contributed by atoms with Crippen molar-refractivity contribution in [3.8, 4) is 11.5 Å². The average molecular weight is 421 g/mol. The van der Waals surface area contributed by atoms with E-state index in [1.807, 2.05) is 55.5 Å². The van der Waals surface area contributed by atoms with E-state index in [-0.39, 0.29) is 6.10 Å². The number of nitrogens with one attached hydrogen (secondary N) is 1. The summed E-state index contributed by atoms with van der Waals surface area (Å²) in [6, 6.07) is 15.7. The van der Waals surface area contributed by atoms with Crippen LogP contribution in [0.4, 0.5) is 11.5 Å². The molecular formula is C24H28N4O3. The number of benzene rings is 1. The quantitative estimate of drug-likeness (QED) is 0.617. The van der Waals surface area contributed by atoms with Crippen LogP contribution in [0.15, 0.2) is 54.7 Å². The third kappa shape index (κ3) is 5.13.